The Balaban J connectivity index is 2.27. The fourth-order valence-electron chi connectivity index (χ4n) is 1.18. The molecular weight excluding hydrogens is 194 g/mol. The number of hydrogen-bond acceptors (Lipinski definition) is 4. The molecule has 0 radical (unpaired) electrons. The summed E-state index contributed by atoms with van der Waals surface area (Å²) in [5, 5.41) is 14.2. The molecule has 1 amide bonds. The molecule has 76 valence electrons. The Morgan fingerprint density at radius 1 is 1.33 bits per heavy atom. The second-order valence-electron chi connectivity index (χ2n) is 2.94. The van der Waals surface area contributed by atoms with Crippen molar-refractivity contribution in [2.24, 2.45) is 7.05 Å². The zero-order chi connectivity index (χ0) is 10.7. The molecule has 1 aromatic carbocycles. The molecule has 1 N–H and O–H groups in total. The fourth-order valence-corrected chi connectivity index (χ4v) is 1.18. The summed E-state index contributed by atoms with van der Waals surface area (Å²) in [6.07, 6.45) is 0.635. The fraction of sp³-hybridized carbons (Fsp3) is 0.111. The molecule has 0 unspecified atom stereocenters. The molecule has 0 saturated carbocycles. The average Bonchev–Trinajstić information content (AvgIpc) is 2.67. The number of aryl methyl sites for hydroxylation is 1. The Bertz CT molecular complexity index is 462. The van der Waals surface area contributed by atoms with Crippen LogP contribution in [-0.4, -0.2) is 26.6 Å². The van der Waals surface area contributed by atoms with E-state index >= 15 is 0 Å². The summed E-state index contributed by atoms with van der Waals surface area (Å²) in [5.41, 5.74) is 1.59. The van der Waals surface area contributed by atoms with E-state index in [0.29, 0.717) is 12.2 Å². The predicted molar refractivity (Wildman–Crippen MR) is 53.9 cm³/mol. The van der Waals surface area contributed by atoms with Gasteiger partial charge in [0.25, 0.3) is 0 Å². The minimum absolute atomic E-state index is 0.565. The summed E-state index contributed by atoms with van der Waals surface area (Å²) in [6.45, 7) is 0. The number of benzene rings is 1. The maximum Gasteiger partial charge on any atom is 0.211 e. The van der Waals surface area contributed by atoms with Gasteiger partial charge in [0.1, 0.15) is 0 Å². The Labute approximate surface area is 85.9 Å². The van der Waals surface area contributed by atoms with Gasteiger partial charge in [-0.2, -0.15) is 4.80 Å². The van der Waals surface area contributed by atoms with Gasteiger partial charge in [-0.05, 0) is 29.5 Å². The van der Waals surface area contributed by atoms with Crippen molar-refractivity contribution in [3.8, 4) is 11.4 Å². The molecular formula is C9H9N5O. The standard InChI is InChI=1S/C9H9N5O/c1-14-12-9(11-13-14)7-2-4-8(5-3-7)10-6-15/h2-6H,1H3,(H,10,15). The first-order chi connectivity index (χ1) is 7.29. The first kappa shape index (κ1) is 9.32. The molecule has 0 bridgehead atoms. The molecule has 0 fully saturated rings. The SMILES string of the molecule is Cn1nnc(-c2ccc(NC=O)cc2)n1. The molecule has 0 aliphatic rings. The van der Waals surface area contributed by atoms with Crippen LogP contribution in [-0.2, 0) is 11.8 Å². The average molecular weight is 203 g/mol. The van der Waals surface area contributed by atoms with E-state index in [1.165, 1.54) is 4.80 Å². The number of carbonyl (C=O) groups is 1. The summed E-state index contributed by atoms with van der Waals surface area (Å²) in [6, 6.07) is 7.20. The number of nitrogens with one attached hydrogen (secondary N) is 1. The Morgan fingerprint density at radius 3 is 2.60 bits per heavy atom. The molecule has 0 spiro atoms. The number of carbonyl (C=O) groups excluding carboxylic acids is 1. The maximum atomic E-state index is 10.2. The number of anilines is 1. The largest absolute Gasteiger partial charge is 0.329 e. The normalized spacial score (nSPS) is 9.93. The van der Waals surface area contributed by atoms with E-state index in [-0.39, 0.29) is 0 Å². The van der Waals surface area contributed by atoms with Crippen molar-refractivity contribution in [3.05, 3.63) is 24.3 Å². The number of tetrazole rings is 1. The highest BCUT2D eigenvalue weighted by molar-refractivity contribution is 5.72. The van der Waals surface area contributed by atoms with Crippen LogP contribution >= 0.6 is 0 Å². The van der Waals surface area contributed by atoms with Crippen LogP contribution in [0.25, 0.3) is 11.4 Å². The smallest absolute Gasteiger partial charge is 0.211 e. The van der Waals surface area contributed by atoms with Crippen LogP contribution in [0.1, 0.15) is 0 Å². The molecule has 6 nitrogen and oxygen atoms in total. The zero-order valence-electron chi connectivity index (χ0n) is 8.08. The van der Waals surface area contributed by atoms with Crippen LogP contribution in [0.5, 0.6) is 0 Å². The Hall–Kier alpha value is -2.24. The van der Waals surface area contributed by atoms with E-state index < -0.39 is 0 Å². The first-order valence-corrected chi connectivity index (χ1v) is 4.34. The van der Waals surface area contributed by atoms with Gasteiger partial charge in [-0.25, -0.2) is 0 Å². The van der Waals surface area contributed by atoms with Crippen LogP contribution in [0.15, 0.2) is 24.3 Å². The topological polar surface area (TPSA) is 72.7 Å². The molecule has 0 aliphatic heterocycles. The molecule has 0 saturated heterocycles. The molecule has 6 heteroatoms. The number of nitrogens with zero attached hydrogens (tertiary/aromatic N) is 4. The molecule has 1 heterocycles. The van der Waals surface area contributed by atoms with Crippen molar-refractivity contribution in [2.45, 2.75) is 0 Å². The van der Waals surface area contributed by atoms with Gasteiger partial charge in [0.05, 0.1) is 7.05 Å². The monoisotopic (exact) mass is 203 g/mol. The maximum absolute atomic E-state index is 10.2. The van der Waals surface area contributed by atoms with Crippen molar-refractivity contribution in [1.82, 2.24) is 20.2 Å². The van der Waals surface area contributed by atoms with Gasteiger partial charge in [0.15, 0.2) is 0 Å². The summed E-state index contributed by atoms with van der Waals surface area (Å²) >= 11 is 0. The molecule has 15 heavy (non-hydrogen) atoms. The van der Waals surface area contributed by atoms with Gasteiger partial charge in [-0.1, -0.05) is 0 Å². The summed E-state index contributed by atoms with van der Waals surface area (Å²) in [5.74, 6) is 0.565. The van der Waals surface area contributed by atoms with E-state index in [4.69, 9.17) is 0 Å². The minimum Gasteiger partial charge on any atom is -0.329 e. The predicted octanol–water partition coefficient (Wildman–Crippen LogP) is 0.445. The first-order valence-electron chi connectivity index (χ1n) is 4.34. The van der Waals surface area contributed by atoms with E-state index in [1.54, 1.807) is 19.2 Å². The molecule has 0 aliphatic carbocycles. The van der Waals surface area contributed by atoms with Gasteiger partial charge in [0, 0.05) is 11.3 Å². The number of amides is 1. The zero-order valence-corrected chi connectivity index (χ0v) is 8.08. The molecule has 2 aromatic rings. The number of hydrogen-bond donors (Lipinski definition) is 1. The van der Waals surface area contributed by atoms with Crippen molar-refractivity contribution in [1.29, 1.82) is 0 Å². The highest BCUT2D eigenvalue weighted by Crippen LogP contribution is 2.16. The van der Waals surface area contributed by atoms with Gasteiger partial charge < -0.3 is 5.32 Å². The second kappa shape index (κ2) is 3.87. The van der Waals surface area contributed by atoms with E-state index in [2.05, 4.69) is 20.7 Å². The summed E-state index contributed by atoms with van der Waals surface area (Å²) < 4.78 is 0. The van der Waals surface area contributed by atoms with Gasteiger partial charge >= 0.3 is 0 Å². The third kappa shape index (κ3) is 1.98. The molecule has 1 aromatic heterocycles. The highest BCUT2D eigenvalue weighted by atomic mass is 16.1. The van der Waals surface area contributed by atoms with Crippen LogP contribution < -0.4 is 5.32 Å². The van der Waals surface area contributed by atoms with E-state index in [0.717, 1.165) is 11.3 Å². The van der Waals surface area contributed by atoms with Crippen LogP contribution in [0.3, 0.4) is 0 Å². The highest BCUT2D eigenvalue weighted by Gasteiger charge is 2.03. The van der Waals surface area contributed by atoms with E-state index in [1.807, 2.05) is 12.1 Å². The minimum atomic E-state index is 0.565. The number of rotatable bonds is 3. The lowest BCUT2D eigenvalue weighted by Gasteiger charge is -1.98. The Kier molecular flexibility index (Phi) is 2.40. The van der Waals surface area contributed by atoms with Crippen molar-refractivity contribution in [2.75, 3.05) is 5.32 Å². The Morgan fingerprint density at radius 2 is 2.07 bits per heavy atom. The summed E-state index contributed by atoms with van der Waals surface area (Å²) in [7, 11) is 1.71. The van der Waals surface area contributed by atoms with Crippen LogP contribution in [0, 0.1) is 0 Å². The second-order valence-corrected chi connectivity index (χ2v) is 2.94. The summed E-state index contributed by atoms with van der Waals surface area (Å²) in [4.78, 5) is 11.6. The van der Waals surface area contributed by atoms with Crippen molar-refractivity contribution >= 4 is 12.1 Å². The number of aromatic nitrogens is 4. The quantitative estimate of drug-likeness (QED) is 0.735. The van der Waals surface area contributed by atoms with Gasteiger partial charge in [-0.15, -0.1) is 10.2 Å². The lowest BCUT2D eigenvalue weighted by Crippen LogP contribution is -1.93. The molecule has 0 atom stereocenters. The van der Waals surface area contributed by atoms with Crippen LogP contribution in [0.2, 0.25) is 0 Å². The van der Waals surface area contributed by atoms with Gasteiger partial charge in [-0.3, -0.25) is 4.79 Å². The third-order valence-corrected chi connectivity index (χ3v) is 1.88. The van der Waals surface area contributed by atoms with Crippen molar-refractivity contribution in [3.63, 3.8) is 0 Å². The third-order valence-electron chi connectivity index (χ3n) is 1.88. The molecule has 2 rings (SSSR count). The van der Waals surface area contributed by atoms with Gasteiger partial charge in [0.2, 0.25) is 12.2 Å². The lowest BCUT2D eigenvalue weighted by molar-refractivity contribution is -0.105. The van der Waals surface area contributed by atoms with E-state index in [9.17, 15) is 4.79 Å². The lowest BCUT2D eigenvalue weighted by atomic mass is 10.2. The van der Waals surface area contributed by atoms with Crippen molar-refractivity contribution < 1.29 is 4.79 Å². The van der Waals surface area contributed by atoms with Crippen LogP contribution in [0.4, 0.5) is 5.69 Å².